The molecule has 22 heavy (non-hydrogen) atoms. The minimum atomic E-state index is -0.992. The summed E-state index contributed by atoms with van der Waals surface area (Å²) in [5.41, 5.74) is -0.166. The van der Waals surface area contributed by atoms with Crippen LogP contribution in [0.1, 0.15) is 52.6 Å². The highest BCUT2D eigenvalue weighted by atomic mass is 35.5. The average molecular weight is 333 g/mol. The maximum absolute atomic E-state index is 12.6. The first-order valence-corrected chi connectivity index (χ1v) is 6.93. The van der Waals surface area contributed by atoms with Gasteiger partial charge in [-0.05, 0) is 35.3 Å². The molecule has 0 N–H and O–H groups in total. The van der Waals surface area contributed by atoms with Gasteiger partial charge in [-0.1, -0.05) is 24.3 Å². The van der Waals surface area contributed by atoms with Crippen molar-refractivity contribution in [1.82, 2.24) is 0 Å². The number of benzene rings is 2. The summed E-state index contributed by atoms with van der Waals surface area (Å²) in [6.45, 7) is 0. The molecular weight excluding hydrogens is 327 g/mol. The number of fused-ring (bicyclic) bond motifs is 2. The summed E-state index contributed by atoms with van der Waals surface area (Å²) >= 11 is 11.1. The second-order valence-corrected chi connectivity index (χ2v) is 5.38. The number of ketones is 2. The molecule has 2 aliphatic carbocycles. The molecule has 108 valence electrons. The second kappa shape index (κ2) is 5.16. The lowest BCUT2D eigenvalue weighted by Crippen LogP contribution is -2.16. The van der Waals surface area contributed by atoms with Crippen LogP contribution in [0.3, 0.4) is 0 Å². The van der Waals surface area contributed by atoms with Gasteiger partial charge in [0.25, 0.3) is 10.5 Å². The number of carbonyl (C=O) groups is 4. The van der Waals surface area contributed by atoms with Gasteiger partial charge in [0.15, 0.2) is 11.6 Å². The summed E-state index contributed by atoms with van der Waals surface area (Å²) < 4.78 is 0. The Labute approximate surface area is 134 Å². The lowest BCUT2D eigenvalue weighted by atomic mass is 9.91. The van der Waals surface area contributed by atoms with E-state index in [2.05, 4.69) is 0 Å². The first kappa shape index (κ1) is 14.6. The maximum Gasteiger partial charge on any atom is 0.253 e. The van der Waals surface area contributed by atoms with E-state index >= 15 is 0 Å². The highest BCUT2D eigenvalue weighted by Crippen LogP contribution is 2.29. The Hall–Kier alpha value is -2.30. The van der Waals surface area contributed by atoms with Gasteiger partial charge >= 0.3 is 0 Å². The van der Waals surface area contributed by atoms with Gasteiger partial charge in [0.2, 0.25) is 0 Å². The Morgan fingerprint density at radius 1 is 0.727 bits per heavy atom. The second-order valence-electron chi connectivity index (χ2n) is 4.69. The van der Waals surface area contributed by atoms with Gasteiger partial charge in [0.05, 0.1) is 5.56 Å². The highest BCUT2D eigenvalue weighted by Gasteiger charge is 2.30. The van der Waals surface area contributed by atoms with Crippen LogP contribution >= 0.6 is 23.2 Å². The molecule has 0 heterocycles. The molecule has 4 rings (SSSR count). The molecule has 0 spiro atoms. The SMILES string of the molecule is O=C(Cl)c1ccc2c(C(=O)Cl)c1C(=O)c1ccc(cc1)C2=O. The standard InChI is InChI=1S/C16H6Cl2O4/c17-15(21)10-6-5-9-12(16(18)22)11(10)14(20)8-3-1-7(2-4-8)13(9)19/h1-6H. The van der Waals surface area contributed by atoms with E-state index in [1.807, 2.05) is 0 Å². The molecule has 0 amide bonds. The molecule has 6 heteroatoms. The molecule has 2 aliphatic rings. The zero-order valence-electron chi connectivity index (χ0n) is 10.9. The molecule has 0 atom stereocenters. The summed E-state index contributed by atoms with van der Waals surface area (Å²) in [6.07, 6.45) is 0. The maximum atomic E-state index is 12.6. The van der Waals surface area contributed by atoms with Crippen molar-refractivity contribution in [2.24, 2.45) is 0 Å². The third-order valence-electron chi connectivity index (χ3n) is 3.49. The Kier molecular flexibility index (Phi) is 3.43. The molecule has 0 aliphatic heterocycles. The topological polar surface area (TPSA) is 68.3 Å². The zero-order valence-corrected chi connectivity index (χ0v) is 12.4. The third kappa shape index (κ3) is 2.08. The van der Waals surface area contributed by atoms with Gasteiger partial charge in [0, 0.05) is 27.8 Å². The molecule has 0 aromatic heterocycles. The number of hydrogen-bond donors (Lipinski definition) is 0. The van der Waals surface area contributed by atoms with Crippen LogP contribution in [0.4, 0.5) is 0 Å². The number of carbonyl (C=O) groups excluding carboxylic acids is 4. The first-order chi connectivity index (χ1) is 10.4. The minimum absolute atomic E-state index is 0.0301. The smallest absolute Gasteiger partial charge is 0.253 e. The van der Waals surface area contributed by atoms with Gasteiger partial charge in [-0.15, -0.1) is 0 Å². The van der Waals surface area contributed by atoms with Crippen molar-refractivity contribution in [3.8, 4) is 0 Å². The van der Waals surface area contributed by atoms with Gasteiger partial charge in [-0.25, -0.2) is 0 Å². The quantitative estimate of drug-likeness (QED) is 0.675. The molecule has 4 nitrogen and oxygen atoms in total. The predicted octanol–water partition coefficient (Wildman–Crippen LogP) is 3.22. The number of halogens is 2. The van der Waals surface area contributed by atoms with E-state index in [-0.39, 0.29) is 27.8 Å². The summed E-state index contributed by atoms with van der Waals surface area (Å²) in [6, 6.07) is 8.41. The summed E-state index contributed by atoms with van der Waals surface area (Å²) in [4.78, 5) is 48.5. The Bertz CT molecular complexity index is 866. The Balaban J connectivity index is 2.52. The van der Waals surface area contributed by atoms with E-state index in [1.165, 1.54) is 36.4 Å². The van der Waals surface area contributed by atoms with Gasteiger partial charge in [-0.3, -0.25) is 19.2 Å². The fourth-order valence-corrected chi connectivity index (χ4v) is 2.82. The zero-order chi connectivity index (χ0) is 16.0. The van der Waals surface area contributed by atoms with Crippen molar-refractivity contribution >= 4 is 45.3 Å². The third-order valence-corrected chi connectivity index (χ3v) is 3.89. The van der Waals surface area contributed by atoms with Crippen LogP contribution in [-0.2, 0) is 0 Å². The lowest BCUT2D eigenvalue weighted by molar-refractivity contribution is 0.100. The van der Waals surface area contributed by atoms with Crippen molar-refractivity contribution in [3.63, 3.8) is 0 Å². The van der Waals surface area contributed by atoms with E-state index in [9.17, 15) is 19.2 Å². The normalized spacial score (nSPS) is 12.6. The molecule has 4 bridgehead atoms. The van der Waals surface area contributed by atoms with Gasteiger partial charge < -0.3 is 0 Å². The minimum Gasteiger partial charge on any atom is -0.289 e. The van der Waals surface area contributed by atoms with Gasteiger partial charge in [0.1, 0.15) is 0 Å². The van der Waals surface area contributed by atoms with Crippen molar-refractivity contribution in [1.29, 1.82) is 0 Å². The fraction of sp³-hybridized carbons (Fsp3) is 0. The molecule has 0 saturated carbocycles. The molecular formula is C16H6Cl2O4. The Morgan fingerprint density at radius 2 is 1.27 bits per heavy atom. The van der Waals surface area contributed by atoms with E-state index in [0.29, 0.717) is 5.56 Å². The van der Waals surface area contributed by atoms with Crippen molar-refractivity contribution < 1.29 is 19.2 Å². The predicted molar refractivity (Wildman–Crippen MR) is 80.1 cm³/mol. The molecule has 0 radical (unpaired) electrons. The van der Waals surface area contributed by atoms with Crippen molar-refractivity contribution in [3.05, 3.63) is 69.8 Å². The highest BCUT2D eigenvalue weighted by molar-refractivity contribution is 6.70. The lowest BCUT2D eigenvalue weighted by Gasteiger charge is -2.11. The van der Waals surface area contributed by atoms with Crippen LogP contribution in [-0.4, -0.2) is 22.1 Å². The monoisotopic (exact) mass is 332 g/mol. The molecule has 0 fully saturated rings. The van der Waals surface area contributed by atoms with E-state index < -0.39 is 22.1 Å². The first-order valence-electron chi connectivity index (χ1n) is 6.18. The van der Waals surface area contributed by atoms with Crippen LogP contribution in [0.15, 0.2) is 36.4 Å². The summed E-state index contributed by atoms with van der Waals surface area (Å²) in [5, 5.41) is -1.90. The summed E-state index contributed by atoms with van der Waals surface area (Å²) in [7, 11) is 0. The largest absolute Gasteiger partial charge is 0.289 e. The van der Waals surface area contributed by atoms with Gasteiger partial charge in [-0.2, -0.15) is 0 Å². The Morgan fingerprint density at radius 3 is 1.77 bits per heavy atom. The number of hydrogen-bond acceptors (Lipinski definition) is 4. The van der Waals surface area contributed by atoms with E-state index in [1.54, 1.807) is 0 Å². The molecule has 2 aromatic rings. The van der Waals surface area contributed by atoms with Crippen LogP contribution in [0.25, 0.3) is 0 Å². The number of rotatable bonds is 2. The summed E-state index contributed by atoms with van der Waals surface area (Å²) in [5.74, 6) is -1.05. The molecule has 0 saturated heterocycles. The fourth-order valence-electron chi connectivity index (χ4n) is 2.47. The van der Waals surface area contributed by atoms with Crippen LogP contribution in [0, 0.1) is 0 Å². The molecule has 2 aromatic carbocycles. The van der Waals surface area contributed by atoms with Crippen LogP contribution < -0.4 is 0 Å². The van der Waals surface area contributed by atoms with E-state index in [0.717, 1.165) is 0 Å². The average Bonchev–Trinajstić information content (AvgIpc) is 2.55. The van der Waals surface area contributed by atoms with Crippen molar-refractivity contribution in [2.75, 3.05) is 0 Å². The van der Waals surface area contributed by atoms with Crippen molar-refractivity contribution in [2.45, 2.75) is 0 Å². The molecule has 0 unspecified atom stereocenters. The van der Waals surface area contributed by atoms with Crippen LogP contribution in [0.5, 0.6) is 0 Å². The van der Waals surface area contributed by atoms with Crippen LogP contribution in [0.2, 0.25) is 0 Å². The van der Waals surface area contributed by atoms with E-state index in [4.69, 9.17) is 23.2 Å².